The summed E-state index contributed by atoms with van der Waals surface area (Å²) >= 11 is 5.37. The molecule has 0 radical (unpaired) electrons. The summed E-state index contributed by atoms with van der Waals surface area (Å²) in [6.07, 6.45) is 2.09. The number of rotatable bonds is 6. The predicted octanol–water partition coefficient (Wildman–Crippen LogP) is 4.42. The number of aryl methyl sites for hydroxylation is 1. The molecule has 2 N–H and O–H groups in total. The van der Waals surface area contributed by atoms with Gasteiger partial charge in [-0.1, -0.05) is 19.1 Å². The van der Waals surface area contributed by atoms with Gasteiger partial charge in [-0.15, -0.1) is 35.3 Å². The lowest BCUT2D eigenvalue weighted by atomic mass is 10.3. The van der Waals surface area contributed by atoms with E-state index in [0.29, 0.717) is 12.6 Å². The second kappa shape index (κ2) is 11.2. The number of hydrogen-bond donors (Lipinski definition) is 2. The molecule has 1 aliphatic rings. The Kier molecular flexibility index (Phi) is 9.31. The Hall–Kier alpha value is -0.870. The first-order valence-corrected chi connectivity index (χ1v) is 10.8. The third-order valence-electron chi connectivity index (χ3n) is 4.37. The van der Waals surface area contributed by atoms with E-state index in [2.05, 4.69) is 79.9 Å². The maximum absolute atomic E-state index is 4.72. The van der Waals surface area contributed by atoms with Gasteiger partial charge in [-0.05, 0) is 47.8 Å². The van der Waals surface area contributed by atoms with Gasteiger partial charge in [-0.2, -0.15) is 0 Å². The Morgan fingerprint density at radius 3 is 2.89 bits per heavy atom. The summed E-state index contributed by atoms with van der Waals surface area (Å²) in [5.41, 5.74) is 2.30. The Labute approximate surface area is 191 Å². The van der Waals surface area contributed by atoms with E-state index in [0.717, 1.165) is 48.6 Å². The van der Waals surface area contributed by atoms with E-state index < -0.39 is 0 Å². The molecule has 8 heteroatoms. The summed E-state index contributed by atoms with van der Waals surface area (Å²) < 4.78 is 1.15. The molecule has 0 saturated carbocycles. The van der Waals surface area contributed by atoms with Crippen molar-refractivity contribution in [3.63, 3.8) is 0 Å². The normalized spacial score (nSPS) is 16.9. The summed E-state index contributed by atoms with van der Waals surface area (Å²) in [4.78, 5) is 11.7. The van der Waals surface area contributed by atoms with E-state index in [1.165, 1.54) is 10.7 Å². The minimum absolute atomic E-state index is 0. The van der Waals surface area contributed by atoms with Gasteiger partial charge in [0.15, 0.2) is 5.96 Å². The van der Waals surface area contributed by atoms with Crippen molar-refractivity contribution in [2.24, 2.45) is 4.99 Å². The highest BCUT2D eigenvalue weighted by Crippen LogP contribution is 2.28. The number of thiazole rings is 1. The van der Waals surface area contributed by atoms with E-state index in [4.69, 9.17) is 4.99 Å². The average Bonchev–Trinajstić information content (AvgIpc) is 3.29. The molecule has 0 aliphatic carbocycles. The van der Waals surface area contributed by atoms with Gasteiger partial charge in [0.1, 0.15) is 0 Å². The van der Waals surface area contributed by atoms with Crippen LogP contribution in [0.4, 0.5) is 5.69 Å². The molecule has 0 bridgehead atoms. The highest BCUT2D eigenvalue weighted by Gasteiger charge is 2.24. The number of aliphatic imine (C=N–C) groups is 1. The molecule has 0 amide bonds. The first-order chi connectivity index (χ1) is 12.7. The van der Waals surface area contributed by atoms with Crippen LogP contribution in [-0.2, 0) is 13.0 Å². The third-order valence-corrected chi connectivity index (χ3v) is 6.08. The number of guanidine groups is 1. The first-order valence-electron chi connectivity index (χ1n) is 9.17. The molecule has 148 valence electrons. The van der Waals surface area contributed by atoms with Gasteiger partial charge in [-0.25, -0.2) is 9.98 Å². The maximum Gasteiger partial charge on any atom is 0.191 e. The standard InChI is InChI=1S/C19H26BrN5S.HI/c1-3-18-23-15(13-26-18)11-22-19(21-4-2)24-14-9-10-25(12-14)17-8-6-5-7-16(17)20;/h5-8,13-14H,3-4,9-12H2,1-2H3,(H2,21,22,24);1H. The van der Waals surface area contributed by atoms with Crippen LogP contribution < -0.4 is 15.5 Å². The Balaban J connectivity index is 0.00000261. The Morgan fingerprint density at radius 1 is 1.37 bits per heavy atom. The minimum atomic E-state index is 0. The number of halogens is 2. The van der Waals surface area contributed by atoms with E-state index in [-0.39, 0.29) is 24.0 Å². The molecule has 1 unspecified atom stereocenters. The second-order valence-corrected chi connectivity index (χ2v) is 8.11. The van der Waals surface area contributed by atoms with E-state index in [9.17, 15) is 0 Å². The van der Waals surface area contributed by atoms with E-state index in [1.807, 2.05) is 0 Å². The van der Waals surface area contributed by atoms with Crippen molar-refractivity contribution in [3.8, 4) is 0 Å². The highest BCUT2D eigenvalue weighted by atomic mass is 127. The molecule has 27 heavy (non-hydrogen) atoms. The molecule has 3 rings (SSSR count). The summed E-state index contributed by atoms with van der Waals surface area (Å²) in [5, 5.41) is 10.2. The molecule has 1 aromatic carbocycles. The van der Waals surface area contributed by atoms with Crippen LogP contribution in [0.15, 0.2) is 39.1 Å². The molecule has 2 aromatic rings. The quantitative estimate of drug-likeness (QED) is 0.310. The number of nitrogens with zero attached hydrogens (tertiary/aromatic N) is 3. The summed E-state index contributed by atoms with van der Waals surface area (Å²) in [7, 11) is 0. The van der Waals surface area contributed by atoms with Crippen LogP contribution in [0, 0.1) is 0 Å². The number of nitrogens with one attached hydrogen (secondary N) is 2. The van der Waals surface area contributed by atoms with Crippen molar-refractivity contribution >= 4 is 62.9 Å². The van der Waals surface area contributed by atoms with Crippen molar-refractivity contribution in [2.75, 3.05) is 24.5 Å². The lowest BCUT2D eigenvalue weighted by Crippen LogP contribution is -2.44. The Bertz CT molecular complexity index is 751. The summed E-state index contributed by atoms with van der Waals surface area (Å²) in [6, 6.07) is 8.79. The van der Waals surface area contributed by atoms with Gasteiger partial charge in [-0.3, -0.25) is 0 Å². The minimum Gasteiger partial charge on any atom is -0.368 e. The molecule has 1 atom stereocenters. The SMILES string of the molecule is CCNC(=NCc1csc(CC)n1)NC1CCN(c2ccccc2Br)C1.I. The lowest BCUT2D eigenvalue weighted by Gasteiger charge is -2.21. The smallest absolute Gasteiger partial charge is 0.191 e. The maximum atomic E-state index is 4.72. The fourth-order valence-electron chi connectivity index (χ4n) is 3.06. The van der Waals surface area contributed by atoms with Crippen molar-refractivity contribution < 1.29 is 0 Å². The van der Waals surface area contributed by atoms with Crippen molar-refractivity contribution in [2.45, 2.75) is 39.3 Å². The monoisotopic (exact) mass is 563 g/mol. The van der Waals surface area contributed by atoms with E-state index in [1.54, 1.807) is 11.3 Å². The Morgan fingerprint density at radius 2 is 2.19 bits per heavy atom. The topological polar surface area (TPSA) is 52.6 Å². The fourth-order valence-corrected chi connectivity index (χ4v) is 4.33. The van der Waals surface area contributed by atoms with Crippen LogP contribution in [0.25, 0.3) is 0 Å². The molecule has 2 heterocycles. The largest absolute Gasteiger partial charge is 0.368 e. The average molecular weight is 564 g/mol. The second-order valence-electron chi connectivity index (χ2n) is 6.31. The molecule has 1 fully saturated rings. The van der Waals surface area contributed by atoms with Crippen LogP contribution in [0.1, 0.15) is 31.0 Å². The highest BCUT2D eigenvalue weighted by molar-refractivity contribution is 14.0. The van der Waals surface area contributed by atoms with Crippen molar-refractivity contribution in [1.29, 1.82) is 0 Å². The molecule has 1 aromatic heterocycles. The predicted molar refractivity (Wildman–Crippen MR) is 130 cm³/mol. The van der Waals surface area contributed by atoms with Gasteiger partial charge < -0.3 is 15.5 Å². The zero-order valence-corrected chi connectivity index (χ0v) is 20.5. The first kappa shape index (κ1) is 22.4. The number of aromatic nitrogens is 1. The van der Waals surface area contributed by atoms with Gasteiger partial charge in [0.2, 0.25) is 0 Å². The van der Waals surface area contributed by atoms with Gasteiger partial charge in [0.25, 0.3) is 0 Å². The van der Waals surface area contributed by atoms with Crippen LogP contribution >= 0.6 is 51.2 Å². The van der Waals surface area contributed by atoms with Crippen molar-refractivity contribution in [3.05, 3.63) is 44.8 Å². The molecular weight excluding hydrogens is 537 g/mol. The number of anilines is 1. The van der Waals surface area contributed by atoms with Crippen LogP contribution in [0.3, 0.4) is 0 Å². The van der Waals surface area contributed by atoms with Crippen LogP contribution in [0.5, 0.6) is 0 Å². The molecule has 0 spiro atoms. The zero-order chi connectivity index (χ0) is 18.4. The lowest BCUT2D eigenvalue weighted by molar-refractivity contribution is 0.648. The van der Waals surface area contributed by atoms with E-state index >= 15 is 0 Å². The molecule has 5 nitrogen and oxygen atoms in total. The van der Waals surface area contributed by atoms with Gasteiger partial charge in [0, 0.05) is 35.5 Å². The fraction of sp³-hybridized carbons (Fsp3) is 0.474. The zero-order valence-electron chi connectivity index (χ0n) is 15.7. The number of para-hydroxylation sites is 1. The van der Waals surface area contributed by atoms with Gasteiger partial charge >= 0.3 is 0 Å². The molecule has 1 aliphatic heterocycles. The van der Waals surface area contributed by atoms with Gasteiger partial charge in [0.05, 0.1) is 22.9 Å². The van der Waals surface area contributed by atoms with Crippen LogP contribution in [0.2, 0.25) is 0 Å². The van der Waals surface area contributed by atoms with Crippen LogP contribution in [-0.4, -0.2) is 36.6 Å². The number of benzene rings is 1. The summed E-state index contributed by atoms with van der Waals surface area (Å²) in [6.45, 7) is 7.72. The third kappa shape index (κ3) is 6.32. The summed E-state index contributed by atoms with van der Waals surface area (Å²) in [5.74, 6) is 0.873. The number of hydrogen-bond acceptors (Lipinski definition) is 4. The molecular formula is C19H27BrIN5S. The molecule has 1 saturated heterocycles. The van der Waals surface area contributed by atoms with Crippen molar-refractivity contribution in [1.82, 2.24) is 15.6 Å².